The number of fused-ring (bicyclic) bond motifs is 5. The zero-order valence-electron chi connectivity index (χ0n) is 30.4. The summed E-state index contributed by atoms with van der Waals surface area (Å²) in [6, 6.07) is 36.4. The van der Waals surface area contributed by atoms with Gasteiger partial charge in [-0.2, -0.15) is 0 Å². The number of hydrogen-bond acceptors (Lipinski definition) is 4. The highest BCUT2D eigenvalue weighted by Gasteiger charge is 2.47. The molecule has 0 spiro atoms. The highest BCUT2D eigenvalue weighted by atomic mass is 16.2. The van der Waals surface area contributed by atoms with Crippen molar-refractivity contribution in [1.29, 1.82) is 0 Å². The largest absolute Gasteiger partial charge is 0.277 e. The van der Waals surface area contributed by atoms with E-state index in [-0.39, 0.29) is 17.7 Å². The van der Waals surface area contributed by atoms with Crippen LogP contribution in [-0.2, 0) is 5.41 Å². The van der Waals surface area contributed by atoms with Crippen molar-refractivity contribution in [3.8, 4) is 22.3 Å². The van der Waals surface area contributed by atoms with Gasteiger partial charge in [-0.1, -0.05) is 84.9 Å². The Bertz CT molecular complexity index is 2590. The van der Waals surface area contributed by atoms with Crippen LogP contribution >= 0.6 is 0 Å². The van der Waals surface area contributed by atoms with E-state index in [1.807, 2.05) is 13.8 Å². The minimum Gasteiger partial charge on any atom is -0.277 e. The molecular formula is C47H36N2O4. The first kappa shape index (κ1) is 32.5. The number of aryl methyl sites for hydroxylation is 4. The average molecular weight is 693 g/mol. The van der Waals surface area contributed by atoms with Gasteiger partial charge in [0.1, 0.15) is 0 Å². The Morgan fingerprint density at radius 2 is 0.849 bits per heavy atom. The van der Waals surface area contributed by atoms with E-state index in [2.05, 4.69) is 93.6 Å². The summed E-state index contributed by atoms with van der Waals surface area (Å²) in [5.41, 5.74) is 15.0. The van der Waals surface area contributed by atoms with Crippen molar-refractivity contribution in [2.45, 2.75) is 40.0 Å². The van der Waals surface area contributed by atoms with Gasteiger partial charge < -0.3 is 0 Å². The van der Waals surface area contributed by atoms with Crippen LogP contribution in [-0.4, -0.2) is 35.6 Å². The molecule has 6 heteroatoms. The van der Waals surface area contributed by atoms with Crippen LogP contribution in [0.15, 0.2) is 109 Å². The second-order valence-electron chi connectivity index (χ2n) is 14.7. The third-order valence-corrected chi connectivity index (χ3v) is 11.8. The van der Waals surface area contributed by atoms with Gasteiger partial charge in [0.2, 0.25) is 0 Å². The van der Waals surface area contributed by atoms with Gasteiger partial charge in [-0.3, -0.25) is 24.1 Å². The first-order chi connectivity index (χ1) is 25.4. The van der Waals surface area contributed by atoms with Crippen molar-refractivity contribution < 1.29 is 19.2 Å². The Morgan fingerprint density at radius 1 is 0.434 bits per heavy atom. The lowest BCUT2D eigenvalue weighted by molar-refractivity contribution is 0.0692. The Hall–Kier alpha value is -6.40. The molecule has 2 heterocycles. The minimum absolute atomic E-state index is 0.302. The molecule has 0 fully saturated rings. The number of imide groups is 2. The summed E-state index contributed by atoms with van der Waals surface area (Å²) < 4.78 is 0. The Labute approximate surface area is 308 Å². The molecule has 53 heavy (non-hydrogen) atoms. The number of anilines is 1. The quantitative estimate of drug-likeness (QED) is 0.172. The molecule has 4 amide bonds. The fourth-order valence-corrected chi connectivity index (χ4v) is 8.97. The van der Waals surface area contributed by atoms with Crippen LogP contribution in [0.5, 0.6) is 0 Å². The molecule has 0 atom stereocenters. The Morgan fingerprint density at radius 3 is 1.38 bits per heavy atom. The maximum absolute atomic E-state index is 14.3. The number of benzene rings is 6. The van der Waals surface area contributed by atoms with Gasteiger partial charge in [0.05, 0.1) is 33.4 Å². The molecule has 1 aliphatic carbocycles. The summed E-state index contributed by atoms with van der Waals surface area (Å²) in [4.78, 5) is 56.0. The molecule has 0 unspecified atom stereocenters. The van der Waals surface area contributed by atoms with E-state index in [0.717, 1.165) is 21.6 Å². The lowest BCUT2D eigenvalue weighted by Crippen LogP contribution is -2.32. The van der Waals surface area contributed by atoms with Crippen molar-refractivity contribution in [2.24, 2.45) is 0 Å². The molecule has 3 aliphatic rings. The van der Waals surface area contributed by atoms with Crippen LogP contribution in [0.4, 0.5) is 5.69 Å². The van der Waals surface area contributed by atoms with Crippen molar-refractivity contribution in [2.75, 3.05) is 11.9 Å². The predicted molar refractivity (Wildman–Crippen MR) is 207 cm³/mol. The second-order valence-corrected chi connectivity index (χ2v) is 14.7. The molecule has 0 saturated heterocycles. The van der Waals surface area contributed by atoms with Gasteiger partial charge in [0, 0.05) is 7.05 Å². The maximum Gasteiger partial charge on any atom is 0.266 e. The zero-order chi connectivity index (χ0) is 37.1. The highest BCUT2D eigenvalue weighted by Crippen LogP contribution is 2.57. The van der Waals surface area contributed by atoms with Gasteiger partial charge >= 0.3 is 0 Å². The zero-order valence-corrected chi connectivity index (χ0v) is 30.4. The number of hydrogen-bond donors (Lipinski definition) is 0. The normalized spacial score (nSPS) is 15.2. The number of carbonyl (C=O) groups is 4. The summed E-state index contributed by atoms with van der Waals surface area (Å²) in [5, 5.41) is 0. The molecule has 0 radical (unpaired) electrons. The van der Waals surface area contributed by atoms with E-state index in [1.54, 1.807) is 36.4 Å². The Balaban J connectivity index is 1.18. The molecule has 6 aromatic carbocycles. The van der Waals surface area contributed by atoms with E-state index >= 15 is 0 Å². The molecule has 6 aromatic rings. The smallest absolute Gasteiger partial charge is 0.266 e. The molecule has 0 saturated carbocycles. The summed E-state index contributed by atoms with van der Waals surface area (Å²) >= 11 is 0. The van der Waals surface area contributed by atoms with Gasteiger partial charge in [-0.25, -0.2) is 4.90 Å². The minimum atomic E-state index is -0.627. The molecule has 6 nitrogen and oxygen atoms in total. The van der Waals surface area contributed by atoms with E-state index in [1.165, 1.54) is 56.5 Å². The first-order valence-corrected chi connectivity index (χ1v) is 17.8. The van der Waals surface area contributed by atoms with Crippen LogP contribution in [0.25, 0.3) is 22.3 Å². The first-order valence-electron chi connectivity index (χ1n) is 17.8. The van der Waals surface area contributed by atoms with Gasteiger partial charge in [-0.05, 0) is 131 Å². The standard InChI is InChI=1S/C47H36N2O4/c1-25-19-32(20-26(2)29(25)5)47(40-13-9-7-11-34(40)35-12-8-10-14-41(35)47)33-21-27(3)42(28(4)22-33)49-45(52)37-18-16-31(24-39(37)46(49)53)30-15-17-36-38(23-30)44(51)48(6)43(36)50/h7-24H,1-6H3. The maximum atomic E-state index is 14.3. The number of rotatable bonds is 4. The highest BCUT2D eigenvalue weighted by molar-refractivity contribution is 6.35. The Kier molecular flexibility index (Phi) is 6.93. The molecule has 9 rings (SSSR count). The monoisotopic (exact) mass is 692 g/mol. The van der Waals surface area contributed by atoms with Crippen LogP contribution in [0.2, 0.25) is 0 Å². The van der Waals surface area contributed by atoms with Gasteiger partial charge in [-0.15, -0.1) is 0 Å². The van der Waals surface area contributed by atoms with E-state index < -0.39 is 11.3 Å². The summed E-state index contributed by atoms with van der Waals surface area (Å²) in [5.74, 6) is -1.47. The third kappa shape index (κ3) is 4.32. The third-order valence-electron chi connectivity index (χ3n) is 11.8. The predicted octanol–water partition coefficient (Wildman–Crippen LogP) is 9.29. The van der Waals surface area contributed by atoms with Crippen molar-refractivity contribution in [1.82, 2.24) is 4.90 Å². The average Bonchev–Trinajstić information content (AvgIpc) is 3.68. The molecule has 0 N–H and O–H groups in total. The van der Waals surface area contributed by atoms with Crippen molar-refractivity contribution in [3.05, 3.63) is 182 Å². The molecular weight excluding hydrogens is 657 g/mol. The lowest BCUT2D eigenvalue weighted by Gasteiger charge is -2.36. The molecule has 0 aromatic heterocycles. The molecule has 2 aliphatic heterocycles. The van der Waals surface area contributed by atoms with Crippen molar-refractivity contribution in [3.63, 3.8) is 0 Å². The lowest BCUT2D eigenvalue weighted by atomic mass is 9.66. The summed E-state index contributed by atoms with van der Waals surface area (Å²) in [6.45, 7) is 10.5. The fraction of sp³-hybridized carbons (Fsp3) is 0.149. The number of nitrogens with zero attached hydrogens (tertiary/aromatic N) is 2. The van der Waals surface area contributed by atoms with E-state index in [4.69, 9.17) is 0 Å². The van der Waals surface area contributed by atoms with Crippen LogP contribution in [0, 0.1) is 34.6 Å². The van der Waals surface area contributed by atoms with Crippen LogP contribution < -0.4 is 4.90 Å². The molecule has 0 bridgehead atoms. The fourth-order valence-electron chi connectivity index (χ4n) is 8.97. The number of carbonyl (C=O) groups excluding carboxylic acids is 4. The molecule has 258 valence electrons. The van der Waals surface area contributed by atoms with E-state index in [0.29, 0.717) is 39.1 Å². The van der Waals surface area contributed by atoms with Gasteiger partial charge in [0.15, 0.2) is 0 Å². The topological polar surface area (TPSA) is 74.8 Å². The van der Waals surface area contributed by atoms with Crippen molar-refractivity contribution >= 4 is 29.3 Å². The summed E-state index contributed by atoms with van der Waals surface area (Å²) in [7, 11) is 1.46. The SMILES string of the molecule is Cc1cc(C2(c3cc(C)c(N4C(=O)c5ccc(-c6ccc7c(c6)C(=O)N(C)C7=O)cc5C4=O)c(C)c3)c3ccccc3-c3ccccc32)cc(C)c1C. The second kappa shape index (κ2) is 11.3. The van der Waals surface area contributed by atoms with Crippen LogP contribution in [0.3, 0.4) is 0 Å². The van der Waals surface area contributed by atoms with Crippen LogP contribution in [0.1, 0.15) is 91.5 Å². The summed E-state index contributed by atoms with van der Waals surface area (Å²) in [6.07, 6.45) is 0. The van der Waals surface area contributed by atoms with Gasteiger partial charge in [0.25, 0.3) is 23.6 Å². The number of amides is 4. The van der Waals surface area contributed by atoms with E-state index in [9.17, 15) is 19.2 Å².